The predicted molar refractivity (Wildman–Crippen MR) is 107 cm³/mol. The quantitative estimate of drug-likeness (QED) is 0.362. The molecule has 1 aromatic carbocycles. The van der Waals surface area contributed by atoms with Crippen LogP contribution in [0.5, 0.6) is 0 Å². The summed E-state index contributed by atoms with van der Waals surface area (Å²) in [5, 5.41) is 9.90. The maximum absolute atomic E-state index is 14.5. The molecule has 3 aromatic rings. The first kappa shape index (κ1) is 18.2. The van der Waals surface area contributed by atoms with E-state index in [0.29, 0.717) is 28.6 Å². The summed E-state index contributed by atoms with van der Waals surface area (Å²) in [6.07, 6.45) is 3.23. The molecule has 0 amide bonds. The molecule has 0 N–H and O–H groups in total. The summed E-state index contributed by atoms with van der Waals surface area (Å²) in [5.41, 5.74) is 1.08. The van der Waals surface area contributed by atoms with Crippen molar-refractivity contribution < 1.29 is 4.39 Å². The molecule has 7 heteroatoms. The van der Waals surface area contributed by atoms with Crippen LogP contribution in [0.1, 0.15) is 30.2 Å². The molecule has 0 spiro atoms. The van der Waals surface area contributed by atoms with Gasteiger partial charge in [-0.25, -0.2) is 9.37 Å². The number of fused-ring (bicyclic) bond motifs is 3. The zero-order valence-electron chi connectivity index (χ0n) is 14.9. The van der Waals surface area contributed by atoms with Crippen LogP contribution in [0.3, 0.4) is 0 Å². The monoisotopic (exact) mass is 399 g/mol. The van der Waals surface area contributed by atoms with Crippen LogP contribution in [-0.2, 0) is 12.8 Å². The van der Waals surface area contributed by atoms with Gasteiger partial charge in [-0.2, -0.15) is 5.26 Å². The molecule has 4 nitrogen and oxygen atoms in total. The molecule has 0 saturated carbocycles. The summed E-state index contributed by atoms with van der Waals surface area (Å²) < 4.78 is 15.9. The lowest BCUT2D eigenvalue weighted by Gasteiger charge is -2.18. The number of halogens is 1. The smallest absolute Gasteiger partial charge is 0.267 e. The molecule has 1 aliphatic carbocycles. The largest absolute Gasteiger partial charge is 0.268 e. The molecule has 1 aliphatic rings. The van der Waals surface area contributed by atoms with E-state index in [9.17, 15) is 9.18 Å². The van der Waals surface area contributed by atoms with Crippen molar-refractivity contribution in [1.82, 2.24) is 9.55 Å². The second-order valence-electron chi connectivity index (χ2n) is 6.77. The summed E-state index contributed by atoms with van der Waals surface area (Å²) in [7, 11) is 0. The first-order chi connectivity index (χ1) is 13.1. The number of para-hydroxylation sites is 1. The highest BCUT2D eigenvalue weighted by atomic mass is 32.2. The van der Waals surface area contributed by atoms with Gasteiger partial charge in [0.25, 0.3) is 5.56 Å². The highest BCUT2D eigenvalue weighted by Gasteiger charge is 2.25. The fourth-order valence-electron chi connectivity index (χ4n) is 3.50. The van der Waals surface area contributed by atoms with Crippen LogP contribution in [0, 0.1) is 23.1 Å². The van der Waals surface area contributed by atoms with Gasteiger partial charge >= 0.3 is 0 Å². The Balaban J connectivity index is 1.97. The van der Waals surface area contributed by atoms with Gasteiger partial charge in [-0.1, -0.05) is 30.8 Å². The van der Waals surface area contributed by atoms with Crippen molar-refractivity contribution in [2.75, 3.05) is 5.75 Å². The lowest BCUT2D eigenvalue weighted by Crippen LogP contribution is -2.23. The van der Waals surface area contributed by atoms with E-state index in [2.05, 4.69) is 13.0 Å². The maximum atomic E-state index is 14.5. The molecular formula is C20H18FN3OS2. The van der Waals surface area contributed by atoms with E-state index in [1.807, 2.05) is 0 Å². The van der Waals surface area contributed by atoms with E-state index < -0.39 is 5.82 Å². The van der Waals surface area contributed by atoms with Crippen LogP contribution in [0.15, 0.2) is 34.2 Å². The molecule has 2 heterocycles. The van der Waals surface area contributed by atoms with Crippen molar-refractivity contribution in [3.8, 4) is 11.8 Å². The Bertz CT molecular complexity index is 1110. The summed E-state index contributed by atoms with van der Waals surface area (Å²) in [4.78, 5) is 20.1. The first-order valence-electron chi connectivity index (χ1n) is 8.92. The Morgan fingerprint density at radius 1 is 1.44 bits per heavy atom. The third-order valence-corrected chi connectivity index (χ3v) is 6.93. The van der Waals surface area contributed by atoms with E-state index in [-0.39, 0.29) is 11.2 Å². The lowest BCUT2D eigenvalue weighted by atomic mass is 9.89. The second kappa shape index (κ2) is 7.45. The molecule has 0 unspecified atom stereocenters. The Labute approximate surface area is 164 Å². The number of thiophene rings is 1. The maximum Gasteiger partial charge on any atom is 0.267 e. The van der Waals surface area contributed by atoms with E-state index >= 15 is 0 Å². The number of benzene rings is 1. The molecule has 138 valence electrons. The SMILES string of the molecule is C[C@H]1CCc2c(sc3nc(SCCC#N)n(-c4ccccc4F)c(=O)c23)C1. The molecule has 0 radical (unpaired) electrons. The highest BCUT2D eigenvalue weighted by molar-refractivity contribution is 7.99. The zero-order valence-corrected chi connectivity index (χ0v) is 16.5. The Morgan fingerprint density at radius 3 is 3.04 bits per heavy atom. The number of hydrogen-bond acceptors (Lipinski definition) is 5. The number of hydrogen-bond donors (Lipinski definition) is 0. The third kappa shape index (κ3) is 3.28. The van der Waals surface area contributed by atoms with Crippen LogP contribution < -0.4 is 5.56 Å². The van der Waals surface area contributed by atoms with Crippen LogP contribution in [0.2, 0.25) is 0 Å². The molecule has 0 fully saturated rings. The standard InChI is InChI=1S/C20H18FN3OS2/c1-12-7-8-13-16(11-12)27-18-17(13)19(25)24(15-6-3-2-5-14(15)21)20(23-18)26-10-4-9-22/h2-3,5-6,12H,4,7-8,10-11H2,1H3/t12-/m0/s1. The van der Waals surface area contributed by atoms with Crippen molar-refractivity contribution in [2.45, 2.75) is 37.8 Å². The van der Waals surface area contributed by atoms with Gasteiger partial charge in [-0.05, 0) is 42.9 Å². The molecule has 4 rings (SSSR count). The summed E-state index contributed by atoms with van der Waals surface area (Å²) in [5.74, 6) is 0.648. The van der Waals surface area contributed by atoms with Gasteiger partial charge in [0.1, 0.15) is 10.6 Å². The lowest BCUT2D eigenvalue weighted by molar-refractivity contribution is 0.509. The third-order valence-electron chi connectivity index (χ3n) is 4.84. The Kier molecular flexibility index (Phi) is 5.02. The van der Waals surface area contributed by atoms with Crippen LogP contribution >= 0.6 is 23.1 Å². The molecule has 0 bridgehead atoms. The van der Waals surface area contributed by atoms with Gasteiger partial charge in [-0.3, -0.25) is 9.36 Å². The molecule has 1 atom stereocenters. The van der Waals surface area contributed by atoms with Gasteiger partial charge in [0, 0.05) is 17.1 Å². The molecule has 0 aliphatic heterocycles. The van der Waals surface area contributed by atoms with E-state index in [1.54, 1.807) is 29.5 Å². The van der Waals surface area contributed by atoms with Crippen molar-refractivity contribution in [3.63, 3.8) is 0 Å². The molecular weight excluding hydrogens is 381 g/mol. The number of aryl methyl sites for hydroxylation is 1. The molecule has 2 aromatic heterocycles. The van der Waals surface area contributed by atoms with Gasteiger partial charge in [0.2, 0.25) is 0 Å². The predicted octanol–water partition coefficient (Wildman–Crippen LogP) is 4.72. The minimum Gasteiger partial charge on any atom is -0.268 e. The second-order valence-corrected chi connectivity index (χ2v) is 8.92. The normalized spacial score (nSPS) is 16.3. The fourth-order valence-corrected chi connectivity index (χ4v) is 5.77. The zero-order chi connectivity index (χ0) is 19.0. The minimum atomic E-state index is -0.458. The minimum absolute atomic E-state index is 0.209. The van der Waals surface area contributed by atoms with Crippen LogP contribution in [0.4, 0.5) is 4.39 Å². The van der Waals surface area contributed by atoms with Crippen molar-refractivity contribution in [1.29, 1.82) is 5.26 Å². The van der Waals surface area contributed by atoms with E-state index in [0.717, 1.165) is 29.7 Å². The molecule has 27 heavy (non-hydrogen) atoms. The number of thioether (sulfide) groups is 1. The van der Waals surface area contributed by atoms with Crippen molar-refractivity contribution in [2.24, 2.45) is 5.92 Å². The van der Waals surface area contributed by atoms with Gasteiger partial charge in [0.15, 0.2) is 5.16 Å². The van der Waals surface area contributed by atoms with Gasteiger partial charge < -0.3 is 0 Å². The van der Waals surface area contributed by atoms with Crippen LogP contribution in [-0.4, -0.2) is 15.3 Å². The number of nitrogens with zero attached hydrogens (tertiary/aromatic N) is 3. The summed E-state index contributed by atoms with van der Waals surface area (Å²) in [6, 6.07) is 8.36. The van der Waals surface area contributed by atoms with E-state index in [1.165, 1.54) is 27.3 Å². The Hall–Kier alpha value is -2.17. The average Bonchev–Trinajstić information content (AvgIpc) is 3.00. The van der Waals surface area contributed by atoms with Crippen molar-refractivity contribution in [3.05, 3.63) is 50.9 Å². The summed E-state index contributed by atoms with van der Waals surface area (Å²) >= 11 is 2.90. The number of aromatic nitrogens is 2. The molecule has 0 saturated heterocycles. The van der Waals surface area contributed by atoms with Crippen molar-refractivity contribution >= 4 is 33.3 Å². The topological polar surface area (TPSA) is 58.7 Å². The average molecular weight is 400 g/mol. The number of nitriles is 1. The van der Waals surface area contributed by atoms with Gasteiger partial charge in [0.05, 0.1) is 17.1 Å². The van der Waals surface area contributed by atoms with Crippen LogP contribution in [0.25, 0.3) is 15.9 Å². The number of rotatable bonds is 4. The van der Waals surface area contributed by atoms with E-state index in [4.69, 9.17) is 10.2 Å². The van der Waals surface area contributed by atoms with Gasteiger partial charge in [-0.15, -0.1) is 11.3 Å². The highest BCUT2D eigenvalue weighted by Crippen LogP contribution is 2.37. The summed E-state index contributed by atoms with van der Waals surface area (Å²) in [6.45, 7) is 2.22. The Morgan fingerprint density at radius 2 is 2.26 bits per heavy atom. The first-order valence-corrected chi connectivity index (χ1v) is 10.7. The fraction of sp³-hybridized carbons (Fsp3) is 0.350.